The zero-order chi connectivity index (χ0) is 11.4. The number of nitrogens with zero attached hydrogens (tertiary/aromatic N) is 4. The zero-order valence-electron chi connectivity index (χ0n) is 9.47. The summed E-state index contributed by atoms with van der Waals surface area (Å²) in [6, 6.07) is 0. The number of hydrogen-bond acceptors (Lipinski definition) is 5. The summed E-state index contributed by atoms with van der Waals surface area (Å²) in [6.45, 7) is 5.80. The van der Waals surface area contributed by atoms with Crippen molar-refractivity contribution in [1.82, 2.24) is 19.7 Å². The van der Waals surface area contributed by atoms with E-state index in [4.69, 9.17) is 0 Å². The van der Waals surface area contributed by atoms with Crippen molar-refractivity contribution in [3.8, 4) is 0 Å². The molecule has 6 heteroatoms. The van der Waals surface area contributed by atoms with Crippen LogP contribution in [0.3, 0.4) is 0 Å². The van der Waals surface area contributed by atoms with Gasteiger partial charge in [-0.05, 0) is 13.3 Å². The van der Waals surface area contributed by atoms with Gasteiger partial charge in [-0.25, -0.2) is 4.98 Å². The van der Waals surface area contributed by atoms with E-state index in [0.29, 0.717) is 0 Å². The predicted octanol–water partition coefficient (Wildman–Crippen LogP) is 1.91. The van der Waals surface area contributed by atoms with Gasteiger partial charge in [0, 0.05) is 18.9 Å². The second-order valence-corrected chi connectivity index (χ2v) is 4.59. The molecule has 0 unspecified atom stereocenters. The van der Waals surface area contributed by atoms with Gasteiger partial charge in [0.2, 0.25) is 5.13 Å². The van der Waals surface area contributed by atoms with E-state index >= 15 is 0 Å². The Morgan fingerprint density at radius 2 is 2.31 bits per heavy atom. The maximum Gasteiger partial charge on any atom is 0.205 e. The van der Waals surface area contributed by atoms with E-state index in [1.807, 2.05) is 13.1 Å². The highest BCUT2D eigenvalue weighted by Crippen LogP contribution is 2.16. The van der Waals surface area contributed by atoms with E-state index in [2.05, 4.69) is 32.0 Å². The van der Waals surface area contributed by atoms with Crippen molar-refractivity contribution in [2.24, 2.45) is 0 Å². The minimum absolute atomic E-state index is 0.747. The van der Waals surface area contributed by atoms with Gasteiger partial charge in [-0.1, -0.05) is 18.3 Å². The molecule has 0 bridgehead atoms. The van der Waals surface area contributed by atoms with Crippen LogP contribution in [0.2, 0.25) is 0 Å². The molecular weight excluding hydrogens is 222 g/mol. The Bertz CT molecular complexity index is 448. The summed E-state index contributed by atoms with van der Waals surface area (Å²) in [7, 11) is 0. The van der Waals surface area contributed by atoms with Crippen molar-refractivity contribution in [1.29, 1.82) is 0 Å². The maximum absolute atomic E-state index is 4.17. The van der Waals surface area contributed by atoms with E-state index in [9.17, 15) is 0 Å². The lowest BCUT2D eigenvalue weighted by molar-refractivity contribution is 0.746. The van der Waals surface area contributed by atoms with E-state index in [1.165, 1.54) is 0 Å². The lowest BCUT2D eigenvalue weighted by atomic mass is 10.5. The lowest BCUT2D eigenvalue weighted by Gasteiger charge is -1.99. The average Bonchev–Trinajstić information content (AvgIpc) is 2.87. The molecule has 0 fully saturated rings. The van der Waals surface area contributed by atoms with Crippen LogP contribution in [0.1, 0.15) is 24.2 Å². The summed E-state index contributed by atoms with van der Waals surface area (Å²) >= 11 is 1.60. The fraction of sp³-hybridized carbons (Fsp3) is 0.500. The predicted molar refractivity (Wildman–Crippen MR) is 64.8 cm³/mol. The van der Waals surface area contributed by atoms with Crippen LogP contribution in [0.4, 0.5) is 5.13 Å². The van der Waals surface area contributed by atoms with Gasteiger partial charge in [0.25, 0.3) is 0 Å². The Morgan fingerprint density at radius 1 is 1.44 bits per heavy atom. The van der Waals surface area contributed by atoms with Gasteiger partial charge in [0.15, 0.2) is 0 Å². The van der Waals surface area contributed by atoms with Crippen LogP contribution in [-0.2, 0) is 6.54 Å². The molecule has 0 saturated carbocycles. The van der Waals surface area contributed by atoms with Crippen molar-refractivity contribution in [2.45, 2.75) is 26.8 Å². The molecule has 0 radical (unpaired) electrons. The van der Waals surface area contributed by atoms with Gasteiger partial charge in [0.1, 0.15) is 10.8 Å². The minimum Gasteiger partial charge on any atom is -0.360 e. The molecule has 1 N–H and O–H groups in total. The molecule has 0 aliphatic rings. The molecule has 2 heterocycles. The second-order valence-electron chi connectivity index (χ2n) is 3.53. The van der Waals surface area contributed by atoms with Crippen LogP contribution in [0.5, 0.6) is 0 Å². The van der Waals surface area contributed by atoms with Crippen molar-refractivity contribution in [3.63, 3.8) is 0 Å². The zero-order valence-corrected chi connectivity index (χ0v) is 10.3. The van der Waals surface area contributed by atoms with Gasteiger partial charge >= 0.3 is 0 Å². The molecule has 0 atom stereocenters. The molecule has 2 aromatic rings. The standard InChI is InChI=1S/C10H15N5S/c1-3-4-12-10-14-13-9(16-10)7-15-6-5-11-8(15)2/h5-6H,3-4,7H2,1-2H3,(H,12,14). The topological polar surface area (TPSA) is 55.6 Å². The lowest BCUT2D eigenvalue weighted by Crippen LogP contribution is -2.00. The number of hydrogen-bond donors (Lipinski definition) is 1. The van der Waals surface area contributed by atoms with Gasteiger partial charge in [-0.3, -0.25) is 0 Å². The first-order valence-corrected chi connectivity index (χ1v) is 6.15. The third-order valence-electron chi connectivity index (χ3n) is 2.22. The molecule has 0 aliphatic heterocycles. The largest absolute Gasteiger partial charge is 0.360 e. The Hall–Kier alpha value is -1.43. The normalized spacial score (nSPS) is 10.6. The van der Waals surface area contributed by atoms with Crippen LogP contribution < -0.4 is 5.32 Å². The van der Waals surface area contributed by atoms with Crippen molar-refractivity contribution >= 4 is 16.5 Å². The van der Waals surface area contributed by atoms with Crippen molar-refractivity contribution in [3.05, 3.63) is 23.2 Å². The molecule has 0 spiro atoms. The third kappa shape index (κ3) is 2.57. The van der Waals surface area contributed by atoms with Crippen molar-refractivity contribution < 1.29 is 0 Å². The second kappa shape index (κ2) is 5.07. The van der Waals surface area contributed by atoms with Gasteiger partial charge in [-0.2, -0.15) is 0 Å². The fourth-order valence-electron chi connectivity index (χ4n) is 1.34. The number of imidazole rings is 1. The first-order valence-electron chi connectivity index (χ1n) is 5.33. The number of rotatable bonds is 5. The molecule has 0 aromatic carbocycles. The maximum atomic E-state index is 4.17. The summed E-state index contributed by atoms with van der Waals surface area (Å²) in [5, 5.41) is 13.4. The van der Waals surface area contributed by atoms with Crippen LogP contribution in [0.25, 0.3) is 0 Å². The number of aromatic nitrogens is 4. The molecule has 2 aromatic heterocycles. The van der Waals surface area contributed by atoms with Crippen LogP contribution >= 0.6 is 11.3 Å². The number of nitrogens with one attached hydrogen (secondary N) is 1. The van der Waals surface area contributed by atoms with Gasteiger partial charge < -0.3 is 9.88 Å². The number of aryl methyl sites for hydroxylation is 1. The van der Waals surface area contributed by atoms with Crippen molar-refractivity contribution in [2.75, 3.05) is 11.9 Å². The Balaban J connectivity index is 2.00. The highest BCUT2D eigenvalue weighted by atomic mass is 32.1. The first kappa shape index (κ1) is 11.1. The van der Waals surface area contributed by atoms with Crippen LogP contribution in [0, 0.1) is 6.92 Å². The Labute approximate surface area is 98.5 Å². The smallest absolute Gasteiger partial charge is 0.205 e. The summed E-state index contributed by atoms with van der Waals surface area (Å²) in [5.41, 5.74) is 0. The summed E-state index contributed by atoms with van der Waals surface area (Å²) in [5.74, 6) is 0.998. The molecule has 2 rings (SSSR count). The first-order chi connectivity index (χ1) is 7.79. The monoisotopic (exact) mass is 237 g/mol. The highest BCUT2D eigenvalue weighted by Gasteiger charge is 2.05. The SMILES string of the molecule is CCCNc1nnc(Cn2ccnc2C)s1. The minimum atomic E-state index is 0.747. The van der Waals surface area contributed by atoms with Gasteiger partial charge in [-0.15, -0.1) is 10.2 Å². The number of anilines is 1. The fourth-order valence-corrected chi connectivity index (χ4v) is 2.10. The van der Waals surface area contributed by atoms with Crippen LogP contribution in [-0.4, -0.2) is 26.3 Å². The molecule has 86 valence electrons. The average molecular weight is 237 g/mol. The summed E-state index contributed by atoms with van der Waals surface area (Å²) in [6.07, 6.45) is 4.85. The molecule has 16 heavy (non-hydrogen) atoms. The highest BCUT2D eigenvalue weighted by molar-refractivity contribution is 7.15. The Morgan fingerprint density at radius 3 is 3.00 bits per heavy atom. The van der Waals surface area contributed by atoms with E-state index in [0.717, 1.165) is 35.5 Å². The summed E-state index contributed by atoms with van der Waals surface area (Å²) < 4.78 is 2.06. The van der Waals surface area contributed by atoms with Gasteiger partial charge in [0.05, 0.1) is 6.54 Å². The summed E-state index contributed by atoms with van der Waals surface area (Å²) in [4.78, 5) is 4.17. The molecule has 0 amide bonds. The van der Waals surface area contributed by atoms with E-state index < -0.39 is 0 Å². The molecule has 0 aliphatic carbocycles. The molecule has 5 nitrogen and oxygen atoms in total. The van der Waals surface area contributed by atoms with Crippen LogP contribution in [0.15, 0.2) is 12.4 Å². The third-order valence-corrected chi connectivity index (χ3v) is 3.09. The molecular formula is C10H15N5S. The quantitative estimate of drug-likeness (QED) is 0.863. The van der Waals surface area contributed by atoms with E-state index in [1.54, 1.807) is 17.5 Å². The van der Waals surface area contributed by atoms with E-state index in [-0.39, 0.29) is 0 Å². The Kier molecular flexibility index (Phi) is 3.51. The molecule has 0 saturated heterocycles.